The van der Waals surface area contributed by atoms with Crippen molar-refractivity contribution < 1.29 is 31.8 Å². The highest BCUT2D eigenvalue weighted by molar-refractivity contribution is 6.06. The monoisotopic (exact) mass is 488 g/mol. The summed E-state index contributed by atoms with van der Waals surface area (Å²) >= 11 is 0. The van der Waals surface area contributed by atoms with Crippen LogP contribution in [0.5, 0.6) is 17.4 Å². The highest BCUT2D eigenvalue weighted by atomic mass is 19.4. The summed E-state index contributed by atoms with van der Waals surface area (Å²) in [6, 6.07) is 10.2. The lowest BCUT2D eigenvalue weighted by atomic mass is 10.2. The molecule has 0 aliphatic rings. The fourth-order valence-electron chi connectivity index (χ4n) is 3.07. The van der Waals surface area contributed by atoms with Crippen molar-refractivity contribution in [2.45, 2.75) is 13.1 Å². The van der Waals surface area contributed by atoms with Gasteiger partial charge in [0.2, 0.25) is 0 Å². The first-order valence-electron chi connectivity index (χ1n) is 9.90. The van der Waals surface area contributed by atoms with Crippen LogP contribution in [-0.2, 0) is 6.18 Å². The summed E-state index contributed by atoms with van der Waals surface area (Å²) in [5, 5.41) is 16.8. The summed E-state index contributed by atoms with van der Waals surface area (Å²) in [5.74, 6) is -1.66. The van der Waals surface area contributed by atoms with Crippen molar-refractivity contribution in [1.29, 1.82) is 0 Å². The van der Waals surface area contributed by atoms with Gasteiger partial charge >= 0.3 is 6.18 Å². The molecule has 0 fully saturated rings. The molecule has 13 heteroatoms. The van der Waals surface area contributed by atoms with E-state index in [9.17, 15) is 22.4 Å². The number of nitrogens with one attached hydrogen (secondary N) is 1. The zero-order valence-corrected chi connectivity index (χ0v) is 18.2. The normalized spacial score (nSPS) is 11.3. The number of aromatic nitrogens is 5. The molecule has 0 saturated carbocycles. The highest BCUT2D eigenvalue weighted by Gasteiger charge is 2.35. The van der Waals surface area contributed by atoms with Crippen LogP contribution >= 0.6 is 0 Å². The predicted octanol–water partition coefficient (Wildman–Crippen LogP) is 4.58. The second-order valence-corrected chi connectivity index (χ2v) is 7.10. The standard InChI is InChI=1S/C22H16F4N6O3/c1-12-29-27-11-32(12)15-5-3-4-14(9-15)28-20(33)16-10-19(22(24,25)26)30-31-21(16)35-17-7-6-13(23)8-18(17)34-2/h3-11H,1-2H3,(H,28,33). The Morgan fingerprint density at radius 3 is 2.51 bits per heavy atom. The first kappa shape index (κ1) is 23.6. The zero-order chi connectivity index (χ0) is 25.2. The van der Waals surface area contributed by atoms with Crippen molar-refractivity contribution >= 4 is 11.6 Å². The molecule has 0 saturated heterocycles. The Bertz CT molecular complexity index is 1390. The lowest BCUT2D eigenvalue weighted by Gasteiger charge is -2.14. The van der Waals surface area contributed by atoms with Crippen molar-refractivity contribution in [1.82, 2.24) is 25.0 Å². The van der Waals surface area contributed by atoms with Crippen LogP contribution < -0.4 is 14.8 Å². The van der Waals surface area contributed by atoms with Gasteiger partial charge in [-0.15, -0.1) is 20.4 Å². The number of aryl methyl sites for hydroxylation is 1. The Kier molecular flexibility index (Phi) is 6.32. The summed E-state index contributed by atoms with van der Waals surface area (Å²) in [7, 11) is 1.25. The minimum atomic E-state index is -4.86. The van der Waals surface area contributed by atoms with Gasteiger partial charge in [0.1, 0.15) is 23.5 Å². The van der Waals surface area contributed by atoms with Crippen molar-refractivity contribution in [3.63, 3.8) is 0 Å². The molecule has 0 aliphatic heterocycles. The molecule has 35 heavy (non-hydrogen) atoms. The molecule has 9 nitrogen and oxygen atoms in total. The van der Waals surface area contributed by atoms with E-state index in [0.29, 0.717) is 17.6 Å². The number of alkyl halides is 3. The number of methoxy groups -OCH3 is 1. The molecule has 1 amide bonds. The van der Waals surface area contributed by atoms with Crippen LogP contribution in [0, 0.1) is 12.7 Å². The maximum atomic E-state index is 13.5. The Balaban J connectivity index is 1.69. The second-order valence-electron chi connectivity index (χ2n) is 7.10. The van der Waals surface area contributed by atoms with Crippen molar-refractivity contribution in [3.8, 4) is 23.1 Å². The lowest BCUT2D eigenvalue weighted by molar-refractivity contribution is -0.141. The molecule has 0 bridgehead atoms. The summed E-state index contributed by atoms with van der Waals surface area (Å²) in [4.78, 5) is 13.0. The number of nitrogens with zero attached hydrogens (tertiary/aromatic N) is 5. The molecule has 1 N–H and O–H groups in total. The van der Waals surface area contributed by atoms with Gasteiger partial charge in [0.25, 0.3) is 11.8 Å². The third-order valence-corrected chi connectivity index (χ3v) is 4.73. The first-order chi connectivity index (χ1) is 16.7. The Labute approximate surface area is 195 Å². The molecule has 0 aliphatic carbocycles. The zero-order valence-electron chi connectivity index (χ0n) is 18.2. The van der Waals surface area contributed by atoms with E-state index in [2.05, 4.69) is 25.7 Å². The van der Waals surface area contributed by atoms with Gasteiger partial charge in [0.05, 0.1) is 12.8 Å². The Hall–Kier alpha value is -4.55. The van der Waals surface area contributed by atoms with Gasteiger partial charge in [0, 0.05) is 11.8 Å². The fraction of sp³-hybridized carbons (Fsp3) is 0.136. The van der Waals surface area contributed by atoms with Gasteiger partial charge in [-0.1, -0.05) is 6.07 Å². The molecular formula is C22H16F4N6O3. The topological polar surface area (TPSA) is 104 Å². The third kappa shape index (κ3) is 5.18. The van der Waals surface area contributed by atoms with E-state index in [1.165, 1.54) is 19.5 Å². The molecule has 2 heterocycles. The van der Waals surface area contributed by atoms with Crippen molar-refractivity contribution in [2.24, 2.45) is 0 Å². The van der Waals surface area contributed by atoms with Gasteiger partial charge in [-0.25, -0.2) is 4.39 Å². The Morgan fingerprint density at radius 2 is 1.83 bits per heavy atom. The van der Waals surface area contributed by atoms with E-state index >= 15 is 0 Å². The SMILES string of the molecule is COc1cc(F)ccc1Oc1nnc(C(F)(F)F)cc1C(=O)Nc1cccc(-n2cnnc2C)c1. The van der Waals surface area contributed by atoms with E-state index in [1.54, 1.807) is 35.8 Å². The van der Waals surface area contributed by atoms with Gasteiger partial charge in [-0.3, -0.25) is 9.36 Å². The van der Waals surface area contributed by atoms with Crippen LogP contribution in [0.1, 0.15) is 21.9 Å². The fourth-order valence-corrected chi connectivity index (χ4v) is 3.07. The molecule has 0 radical (unpaired) electrons. The van der Waals surface area contributed by atoms with Crippen molar-refractivity contribution in [3.05, 3.63) is 77.8 Å². The molecule has 0 atom stereocenters. The number of rotatable bonds is 6. The van der Waals surface area contributed by atoms with Crippen LogP contribution in [0.2, 0.25) is 0 Å². The number of hydrogen-bond donors (Lipinski definition) is 1. The molecule has 180 valence electrons. The van der Waals surface area contributed by atoms with Crippen LogP contribution in [0.15, 0.2) is 54.9 Å². The molecule has 4 aromatic rings. The van der Waals surface area contributed by atoms with Crippen LogP contribution in [0.4, 0.5) is 23.2 Å². The number of benzene rings is 2. The Morgan fingerprint density at radius 1 is 1.03 bits per heavy atom. The quantitative estimate of drug-likeness (QED) is 0.396. The third-order valence-electron chi connectivity index (χ3n) is 4.73. The van der Waals surface area contributed by atoms with E-state index < -0.39 is 35.0 Å². The van der Waals surface area contributed by atoms with E-state index in [1.807, 2.05) is 0 Å². The van der Waals surface area contributed by atoms with Crippen LogP contribution in [0.3, 0.4) is 0 Å². The molecule has 2 aromatic heterocycles. The molecule has 0 unspecified atom stereocenters. The van der Waals surface area contributed by atoms with Gasteiger partial charge in [-0.2, -0.15) is 13.2 Å². The number of carbonyl (C=O) groups is 1. The average molecular weight is 488 g/mol. The number of ether oxygens (including phenoxy) is 2. The van der Waals surface area contributed by atoms with Crippen LogP contribution in [0.25, 0.3) is 5.69 Å². The summed E-state index contributed by atoms with van der Waals surface area (Å²) in [5.41, 5.74) is -1.06. The summed E-state index contributed by atoms with van der Waals surface area (Å²) in [6.07, 6.45) is -3.39. The maximum absolute atomic E-state index is 13.5. The van der Waals surface area contributed by atoms with E-state index in [-0.39, 0.29) is 17.2 Å². The minimum Gasteiger partial charge on any atom is -0.493 e. The second kappa shape index (κ2) is 9.37. The molecule has 2 aromatic carbocycles. The van der Waals surface area contributed by atoms with Crippen molar-refractivity contribution in [2.75, 3.05) is 12.4 Å². The minimum absolute atomic E-state index is 0.0601. The van der Waals surface area contributed by atoms with Crippen LogP contribution in [-0.4, -0.2) is 38.0 Å². The molecule has 4 rings (SSSR count). The molecular weight excluding hydrogens is 472 g/mol. The average Bonchev–Trinajstić information content (AvgIpc) is 3.25. The summed E-state index contributed by atoms with van der Waals surface area (Å²) in [6.45, 7) is 1.73. The predicted molar refractivity (Wildman–Crippen MR) is 114 cm³/mol. The first-order valence-corrected chi connectivity index (χ1v) is 9.90. The summed E-state index contributed by atoms with van der Waals surface area (Å²) < 4.78 is 65.5. The number of anilines is 1. The number of amides is 1. The number of hydrogen-bond acceptors (Lipinski definition) is 7. The van der Waals surface area contributed by atoms with Gasteiger partial charge in [0.15, 0.2) is 17.2 Å². The molecule has 0 spiro atoms. The van der Waals surface area contributed by atoms with E-state index in [4.69, 9.17) is 9.47 Å². The maximum Gasteiger partial charge on any atom is 0.435 e. The highest BCUT2D eigenvalue weighted by Crippen LogP contribution is 2.35. The smallest absolute Gasteiger partial charge is 0.435 e. The number of halogens is 4. The van der Waals surface area contributed by atoms with Gasteiger partial charge < -0.3 is 14.8 Å². The van der Waals surface area contributed by atoms with Gasteiger partial charge in [-0.05, 0) is 43.3 Å². The number of carbonyl (C=O) groups excluding carboxylic acids is 1. The van der Waals surface area contributed by atoms with E-state index in [0.717, 1.165) is 12.1 Å². The largest absolute Gasteiger partial charge is 0.493 e. The lowest BCUT2D eigenvalue weighted by Crippen LogP contribution is -2.18.